The lowest BCUT2D eigenvalue weighted by molar-refractivity contribution is 0.321. The minimum atomic E-state index is -0.0825. The fourth-order valence-electron chi connectivity index (χ4n) is 1.16. The Labute approximate surface area is 50.1 Å². The van der Waals surface area contributed by atoms with Crippen LogP contribution in [-0.2, 0) is 0 Å². The average Bonchev–Trinajstić information content (AvgIpc) is 2.50. The van der Waals surface area contributed by atoms with E-state index in [9.17, 15) is 4.39 Å². The van der Waals surface area contributed by atoms with E-state index < -0.39 is 0 Å². The fourth-order valence-corrected chi connectivity index (χ4v) is 1.16. The third-order valence-corrected chi connectivity index (χ3v) is 2.02. The predicted octanol–water partition coefficient (Wildman–Crippen LogP) is 2.54. The molecule has 8 heavy (non-hydrogen) atoms. The lowest BCUT2D eigenvalue weighted by Crippen LogP contribution is -2.00. The van der Waals surface area contributed by atoms with Crippen LogP contribution < -0.4 is 0 Å². The zero-order valence-electron chi connectivity index (χ0n) is 5.41. The van der Waals surface area contributed by atoms with Crippen LogP contribution in [0.25, 0.3) is 0 Å². The molecule has 0 aromatic carbocycles. The van der Waals surface area contributed by atoms with E-state index >= 15 is 0 Å². The maximum atomic E-state index is 12.0. The number of halogens is 1. The van der Waals surface area contributed by atoms with Crippen molar-refractivity contribution < 1.29 is 4.39 Å². The first-order valence-corrected chi connectivity index (χ1v) is 3.39. The van der Waals surface area contributed by atoms with Crippen LogP contribution in [0.2, 0.25) is 0 Å². The Bertz CT molecular complexity index is 74.5. The van der Waals surface area contributed by atoms with E-state index in [2.05, 4.69) is 6.92 Å². The molecule has 0 aromatic heterocycles. The summed E-state index contributed by atoms with van der Waals surface area (Å²) in [6.45, 7) is 2.04. The topological polar surface area (TPSA) is 0 Å². The quantitative estimate of drug-likeness (QED) is 0.531. The van der Waals surface area contributed by atoms with Gasteiger partial charge in [-0.05, 0) is 24.7 Å². The Kier molecular flexibility index (Phi) is 1.54. The van der Waals surface area contributed by atoms with Crippen LogP contribution in [-0.4, -0.2) is 6.67 Å². The normalized spacial score (nSPS) is 23.2. The summed E-state index contributed by atoms with van der Waals surface area (Å²) in [4.78, 5) is 0. The van der Waals surface area contributed by atoms with Crippen molar-refractivity contribution >= 4 is 0 Å². The van der Waals surface area contributed by atoms with Crippen molar-refractivity contribution in [3.05, 3.63) is 0 Å². The van der Waals surface area contributed by atoms with Crippen molar-refractivity contribution in [3.8, 4) is 0 Å². The molecule has 0 aromatic rings. The maximum absolute atomic E-state index is 12.0. The van der Waals surface area contributed by atoms with Gasteiger partial charge in [-0.3, -0.25) is 4.39 Å². The molecule has 0 atom stereocenters. The number of hydrogen-bond acceptors (Lipinski definition) is 0. The first-order chi connectivity index (χ1) is 3.83. The van der Waals surface area contributed by atoms with Gasteiger partial charge >= 0.3 is 0 Å². The highest BCUT2D eigenvalue weighted by molar-refractivity contribution is 4.91. The molecule has 0 nitrogen and oxygen atoms in total. The first kappa shape index (κ1) is 6.06. The molecule has 0 saturated heterocycles. The molecule has 0 aliphatic heterocycles. The summed E-state index contributed by atoms with van der Waals surface area (Å²) in [6.07, 6.45) is 4.52. The molecule has 0 radical (unpaired) electrons. The molecule has 0 unspecified atom stereocenters. The van der Waals surface area contributed by atoms with Crippen LogP contribution in [0.3, 0.4) is 0 Å². The monoisotopic (exact) mass is 116 g/mol. The summed E-state index contributed by atoms with van der Waals surface area (Å²) < 4.78 is 12.0. The van der Waals surface area contributed by atoms with Gasteiger partial charge in [0.1, 0.15) is 0 Å². The molecule has 0 N–H and O–H groups in total. The summed E-state index contributed by atoms with van der Waals surface area (Å²) >= 11 is 0. The Balaban J connectivity index is 2.20. The van der Waals surface area contributed by atoms with E-state index in [1.165, 1.54) is 0 Å². The lowest BCUT2D eigenvalue weighted by atomic mass is 10.0. The molecule has 1 fully saturated rings. The summed E-state index contributed by atoms with van der Waals surface area (Å²) in [5.74, 6) is 0. The van der Waals surface area contributed by atoms with Crippen LogP contribution in [0.4, 0.5) is 4.39 Å². The van der Waals surface area contributed by atoms with Gasteiger partial charge in [0.2, 0.25) is 0 Å². The van der Waals surface area contributed by atoms with Gasteiger partial charge in [-0.15, -0.1) is 0 Å². The summed E-state index contributed by atoms with van der Waals surface area (Å²) in [6, 6.07) is 0. The Hall–Kier alpha value is -0.0700. The van der Waals surface area contributed by atoms with Crippen molar-refractivity contribution in [3.63, 3.8) is 0 Å². The molecule has 1 rings (SSSR count). The van der Waals surface area contributed by atoms with E-state index in [1.807, 2.05) is 0 Å². The zero-order valence-corrected chi connectivity index (χ0v) is 5.41. The van der Waals surface area contributed by atoms with Gasteiger partial charge in [-0.2, -0.15) is 0 Å². The molecule has 0 bridgehead atoms. The van der Waals surface area contributed by atoms with E-state index in [1.54, 1.807) is 0 Å². The molecule has 0 spiro atoms. The molecule has 1 heteroatoms. The minimum Gasteiger partial charge on any atom is -0.250 e. The second kappa shape index (κ2) is 2.04. The summed E-state index contributed by atoms with van der Waals surface area (Å²) in [5.41, 5.74) is 0.175. The third-order valence-electron chi connectivity index (χ3n) is 2.02. The fraction of sp³-hybridized carbons (Fsp3) is 1.00. The third kappa shape index (κ3) is 1.01. The second-order valence-corrected chi connectivity index (χ2v) is 2.88. The highest BCUT2D eigenvalue weighted by Gasteiger charge is 2.41. The minimum absolute atomic E-state index is 0.0825. The van der Waals surface area contributed by atoms with Gasteiger partial charge in [0.15, 0.2) is 0 Å². The second-order valence-electron chi connectivity index (χ2n) is 2.88. The SMILES string of the molecule is CCCC1(CF)CC1. The van der Waals surface area contributed by atoms with Crippen molar-refractivity contribution in [2.24, 2.45) is 5.41 Å². The Morgan fingerprint density at radius 2 is 2.12 bits per heavy atom. The van der Waals surface area contributed by atoms with Crippen LogP contribution in [0.1, 0.15) is 32.6 Å². The van der Waals surface area contributed by atoms with E-state index in [-0.39, 0.29) is 12.1 Å². The van der Waals surface area contributed by atoms with E-state index in [4.69, 9.17) is 0 Å². The molecule has 0 heterocycles. The molecule has 48 valence electrons. The van der Waals surface area contributed by atoms with Gasteiger partial charge in [0.25, 0.3) is 0 Å². The van der Waals surface area contributed by atoms with Crippen molar-refractivity contribution in [1.29, 1.82) is 0 Å². The molecular formula is C7H13F. The van der Waals surface area contributed by atoms with Gasteiger partial charge in [0.05, 0.1) is 6.67 Å². The Morgan fingerprint density at radius 1 is 1.50 bits per heavy atom. The zero-order chi connectivity index (χ0) is 6.04. The average molecular weight is 116 g/mol. The molecule has 1 aliphatic carbocycles. The summed E-state index contributed by atoms with van der Waals surface area (Å²) in [7, 11) is 0. The maximum Gasteiger partial charge on any atom is 0.0950 e. The van der Waals surface area contributed by atoms with Crippen LogP contribution in [0, 0.1) is 5.41 Å². The highest BCUT2D eigenvalue weighted by atomic mass is 19.1. The molecule has 1 saturated carbocycles. The van der Waals surface area contributed by atoms with Gasteiger partial charge in [-0.1, -0.05) is 13.3 Å². The van der Waals surface area contributed by atoms with Crippen molar-refractivity contribution in [1.82, 2.24) is 0 Å². The van der Waals surface area contributed by atoms with Crippen molar-refractivity contribution in [2.45, 2.75) is 32.6 Å². The van der Waals surface area contributed by atoms with Gasteiger partial charge in [0, 0.05) is 0 Å². The highest BCUT2D eigenvalue weighted by Crippen LogP contribution is 2.49. The first-order valence-electron chi connectivity index (χ1n) is 3.39. The molecule has 0 amide bonds. The van der Waals surface area contributed by atoms with Crippen LogP contribution in [0.5, 0.6) is 0 Å². The standard InChI is InChI=1S/C7H13F/c1-2-3-7(6-8)4-5-7/h2-6H2,1H3. The van der Waals surface area contributed by atoms with E-state index in [0.29, 0.717) is 0 Å². The van der Waals surface area contributed by atoms with Gasteiger partial charge < -0.3 is 0 Å². The lowest BCUT2D eigenvalue weighted by Gasteiger charge is -2.05. The number of alkyl halides is 1. The summed E-state index contributed by atoms with van der Waals surface area (Å²) in [5, 5.41) is 0. The van der Waals surface area contributed by atoms with E-state index in [0.717, 1.165) is 25.7 Å². The Morgan fingerprint density at radius 3 is 2.25 bits per heavy atom. The molecule has 1 aliphatic rings. The van der Waals surface area contributed by atoms with Crippen LogP contribution in [0.15, 0.2) is 0 Å². The van der Waals surface area contributed by atoms with Crippen molar-refractivity contribution in [2.75, 3.05) is 6.67 Å². The largest absolute Gasteiger partial charge is 0.250 e. The predicted molar refractivity (Wildman–Crippen MR) is 32.5 cm³/mol. The number of rotatable bonds is 3. The van der Waals surface area contributed by atoms with Crippen LogP contribution >= 0.6 is 0 Å². The van der Waals surface area contributed by atoms with Gasteiger partial charge in [-0.25, -0.2) is 0 Å². The smallest absolute Gasteiger partial charge is 0.0950 e. The number of hydrogen-bond donors (Lipinski definition) is 0. The molecular weight excluding hydrogens is 103 g/mol.